The minimum absolute atomic E-state index is 0.177. The van der Waals surface area contributed by atoms with Crippen molar-refractivity contribution < 1.29 is 18.4 Å². The average Bonchev–Trinajstić information content (AvgIpc) is 2.61. The number of piperidine rings is 1. The molecule has 0 bridgehead atoms. The summed E-state index contributed by atoms with van der Waals surface area (Å²) in [5, 5.41) is 2.70. The number of amides is 2. The van der Waals surface area contributed by atoms with Gasteiger partial charge in [-0.2, -0.15) is 0 Å². The number of carbonyl (C=O) groups is 2. The minimum Gasteiger partial charge on any atom is -0.339 e. The Morgan fingerprint density at radius 2 is 1.60 bits per heavy atom. The maximum Gasteiger partial charge on any atom is 0.253 e. The average molecular weight is 344 g/mol. The Morgan fingerprint density at radius 3 is 2.24 bits per heavy atom. The van der Waals surface area contributed by atoms with Crippen LogP contribution in [0.5, 0.6) is 0 Å². The smallest absolute Gasteiger partial charge is 0.253 e. The van der Waals surface area contributed by atoms with Crippen LogP contribution in [0.1, 0.15) is 23.2 Å². The van der Waals surface area contributed by atoms with Crippen molar-refractivity contribution in [3.63, 3.8) is 0 Å². The summed E-state index contributed by atoms with van der Waals surface area (Å²) in [7, 11) is 0. The predicted octanol–water partition coefficient (Wildman–Crippen LogP) is 3.46. The zero-order chi connectivity index (χ0) is 17.8. The molecule has 130 valence electrons. The Hall–Kier alpha value is -2.76. The summed E-state index contributed by atoms with van der Waals surface area (Å²) in [4.78, 5) is 26.3. The first-order valence-electron chi connectivity index (χ1n) is 8.14. The standard InChI is InChI=1S/C19H18F2N2O2/c20-15-4-1-3-14(11-15)19(25)23-9-7-13(8-10-23)18(24)22-17-6-2-5-16(21)12-17/h1-6,11-13H,7-10H2,(H,22,24). The highest BCUT2D eigenvalue weighted by Crippen LogP contribution is 2.21. The Kier molecular flexibility index (Phi) is 5.07. The summed E-state index contributed by atoms with van der Waals surface area (Å²) < 4.78 is 26.4. The van der Waals surface area contributed by atoms with E-state index in [1.54, 1.807) is 17.0 Å². The van der Waals surface area contributed by atoms with Crippen molar-refractivity contribution in [1.82, 2.24) is 4.90 Å². The Balaban J connectivity index is 1.56. The van der Waals surface area contributed by atoms with Gasteiger partial charge in [0, 0.05) is 30.3 Å². The van der Waals surface area contributed by atoms with Crippen LogP contribution in [0.4, 0.5) is 14.5 Å². The van der Waals surface area contributed by atoms with Crippen LogP contribution in [0.25, 0.3) is 0 Å². The highest BCUT2D eigenvalue weighted by Gasteiger charge is 2.28. The molecule has 1 fully saturated rings. The predicted molar refractivity (Wildman–Crippen MR) is 90.1 cm³/mol. The third-order valence-electron chi connectivity index (χ3n) is 4.32. The number of halogens is 2. The third kappa shape index (κ3) is 4.21. The SMILES string of the molecule is O=C(Nc1cccc(F)c1)C1CCN(C(=O)c2cccc(F)c2)CC1. The molecule has 0 aliphatic carbocycles. The fourth-order valence-corrected chi connectivity index (χ4v) is 2.96. The van der Waals surface area contributed by atoms with Crippen LogP contribution in [0.15, 0.2) is 48.5 Å². The van der Waals surface area contributed by atoms with Crippen LogP contribution in [0.3, 0.4) is 0 Å². The molecule has 2 aromatic rings. The van der Waals surface area contributed by atoms with Crippen molar-refractivity contribution in [3.8, 4) is 0 Å². The lowest BCUT2D eigenvalue weighted by atomic mass is 9.95. The molecule has 1 aliphatic rings. The zero-order valence-electron chi connectivity index (χ0n) is 13.5. The number of rotatable bonds is 3. The summed E-state index contributed by atoms with van der Waals surface area (Å²) in [6.45, 7) is 0.854. The summed E-state index contributed by atoms with van der Waals surface area (Å²) in [5.74, 6) is -1.50. The van der Waals surface area contributed by atoms with Crippen LogP contribution < -0.4 is 5.32 Å². The molecule has 0 saturated carbocycles. The molecule has 1 saturated heterocycles. The Morgan fingerprint density at radius 1 is 0.960 bits per heavy atom. The molecular weight excluding hydrogens is 326 g/mol. The first-order valence-corrected chi connectivity index (χ1v) is 8.14. The van der Waals surface area contributed by atoms with Crippen molar-refractivity contribution in [3.05, 3.63) is 65.7 Å². The van der Waals surface area contributed by atoms with Crippen LogP contribution in [0.2, 0.25) is 0 Å². The maximum atomic E-state index is 13.2. The third-order valence-corrected chi connectivity index (χ3v) is 4.32. The van der Waals surface area contributed by atoms with E-state index < -0.39 is 11.6 Å². The second-order valence-corrected chi connectivity index (χ2v) is 6.08. The number of likely N-dealkylation sites (tertiary alicyclic amines) is 1. The summed E-state index contributed by atoms with van der Waals surface area (Å²) in [6.07, 6.45) is 1.03. The molecule has 0 atom stereocenters. The van der Waals surface area contributed by atoms with Crippen molar-refractivity contribution in [2.45, 2.75) is 12.8 Å². The van der Waals surface area contributed by atoms with E-state index >= 15 is 0 Å². The van der Waals surface area contributed by atoms with Crippen LogP contribution in [-0.2, 0) is 4.79 Å². The van der Waals surface area contributed by atoms with Gasteiger partial charge in [-0.3, -0.25) is 9.59 Å². The lowest BCUT2D eigenvalue weighted by Crippen LogP contribution is -2.41. The van der Waals surface area contributed by atoms with E-state index in [-0.39, 0.29) is 17.7 Å². The number of carbonyl (C=O) groups excluding carboxylic acids is 2. The molecule has 0 aromatic heterocycles. The zero-order valence-corrected chi connectivity index (χ0v) is 13.5. The topological polar surface area (TPSA) is 49.4 Å². The number of hydrogen-bond donors (Lipinski definition) is 1. The molecule has 1 heterocycles. The van der Waals surface area contributed by atoms with E-state index in [9.17, 15) is 18.4 Å². The van der Waals surface area contributed by atoms with Gasteiger partial charge in [0.1, 0.15) is 11.6 Å². The van der Waals surface area contributed by atoms with Crippen molar-refractivity contribution in [2.75, 3.05) is 18.4 Å². The molecule has 6 heteroatoms. The van der Waals surface area contributed by atoms with E-state index in [1.165, 1.54) is 36.4 Å². The van der Waals surface area contributed by atoms with Crippen molar-refractivity contribution in [2.24, 2.45) is 5.92 Å². The lowest BCUT2D eigenvalue weighted by Gasteiger charge is -2.31. The molecule has 0 spiro atoms. The molecule has 25 heavy (non-hydrogen) atoms. The molecule has 2 amide bonds. The van der Waals surface area contributed by atoms with Gasteiger partial charge >= 0.3 is 0 Å². The molecule has 2 aromatic carbocycles. The number of nitrogens with zero attached hydrogens (tertiary/aromatic N) is 1. The van der Waals surface area contributed by atoms with E-state index in [0.29, 0.717) is 37.2 Å². The van der Waals surface area contributed by atoms with Crippen LogP contribution >= 0.6 is 0 Å². The molecule has 1 N–H and O–H groups in total. The number of hydrogen-bond acceptors (Lipinski definition) is 2. The maximum absolute atomic E-state index is 13.2. The van der Waals surface area contributed by atoms with Gasteiger partial charge in [0.25, 0.3) is 5.91 Å². The first-order chi connectivity index (χ1) is 12.0. The largest absolute Gasteiger partial charge is 0.339 e. The molecule has 0 radical (unpaired) electrons. The van der Waals surface area contributed by atoms with Crippen LogP contribution in [0, 0.1) is 17.6 Å². The van der Waals surface area contributed by atoms with Gasteiger partial charge in [-0.15, -0.1) is 0 Å². The van der Waals surface area contributed by atoms with Gasteiger partial charge in [0.05, 0.1) is 0 Å². The van der Waals surface area contributed by atoms with E-state index in [1.807, 2.05) is 0 Å². The fourth-order valence-electron chi connectivity index (χ4n) is 2.96. The lowest BCUT2D eigenvalue weighted by molar-refractivity contribution is -0.121. The number of benzene rings is 2. The van der Waals surface area contributed by atoms with E-state index in [0.717, 1.165) is 0 Å². The Labute approximate surface area is 144 Å². The second kappa shape index (κ2) is 7.42. The van der Waals surface area contributed by atoms with Gasteiger partial charge in [-0.05, 0) is 49.2 Å². The normalized spacial score (nSPS) is 15.0. The quantitative estimate of drug-likeness (QED) is 0.927. The van der Waals surface area contributed by atoms with Gasteiger partial charge in [-0.25, -0.2) is 8.78 Å². The van der Waals surface area contributed by atoms with Gasteiger partial charge in [0.15, 0.2) is 0 Å². The number of nitrogens with one attached hydrogen (secondary N) is 1. The summed E-state index contributed by atoms with van der Waals surface area (Å²) in [5.41, 5.74) is 0.728. The summed E-state index contributed by atoms with van der Waals surface area (Å²) in [6, 6.07) is 11.3. The first kappa shape index (κ1) is 17.1. The molecular formula is C19H18F2N2O2. The fraction of sp³-hybridized carbons (Fsp3) is 0.263. The van der Waals surface area contributed by atoms with E-state index in [4.69, 9.17) is 0 Å². The molecule has 0 unspecified atom stereocenters. The van der Waals surface area contributed by atoms with E-state index in [2.05, 4.69) is 5.32 Å². The minimum atomic E-state index is -0.449. The van der Waals surface area contributed by atoms with Crippen molar-refractivity contribution >= 4 is 17.5 Å². The second-order valence-electron chi connectivity index (χ2n) is 6.08. The summed E-state index contributed by atoms with van der Waals surface area (Å²) >= 11 is 0. The highest BCUT2D eigenvalue weighted by molar-refractivity contribution is 5.95. The highest BCUT2D eigenvalue weighted by atomic mass is 19.1. The molecule has 3 rings (SSSR count). The van der Waals surface area contributed by atoms with Gasteiger partial charge in [0.2, 0.25) is 5.91 Å². The van der Waals surface area contributed by atoms with Gasteiger partial charge in [-0.1, -0.05) is 12.1 Å². The molecule has 1 aliphatic heterocycles. The van der Waals surface area contributed by atoms with Crippen LogP contribution in [-0.4, -0.2) is 29.8 Å². The Bertz CT molecular complexity index is 786. The van der Waals surface area contributed by atoms with Crippen molar-refractivity contribution in [1.29, 1.82) is 0 Å². The molecule has 4 nitrogen and oxygen atoms in total. The number of anilines is 1. The monoisotopic (exact) mass is 344 g/mol. The van der Waals surface area contributed by atoms with Gasteiger partial charge < -0.3 is 10.2 Å².